The lowest BCUT2D eigenvalue weighted by Gasteiger charge is -2.09. The van der Waals surface area contributed by atoms with Crippen molar-refractivity contribution < 1.29 is 23.1 Å². The van der Waals surface area contributed by atoms with E-state index >= 15 is 0 Å². The lowest BCUT2D eigenvalue weighted by molar-refractivity contribution is -0.136. The van der Waals surface area contributed by atoms with E-state index in [-0.39, 0.29) is 31.0 Å². The third-order valence-electron chi connectivity index (χ3n) is 2.64. The van der Waals surface area contributed by atoms with Crippen LogP contribution in [0.4, 0.5) is 0 Å². The topological polar surface area (TPSA) is 101 Å². The van der Waals surface area contributed by atoms with E-state index in [0.29, 0.717) is 11.1 Å². The van der Waals surface area contributed by atoms with Crippen LogP contribution in [0.3, 0.4) is 0 Å². The summed E-state index contributed by atoms with van der Waals surface area (Å²) >= 11 is 0. The van der Waals surface area contributed by atoms with Crippen molar-refractivity contribution in [2.75, 3.05) is 12.0 Å². The number of aliphatic carboxylic acids is 1. The zero-order valence-corrected chi connectivity index (χ0v) is 11.9. The van der Waals surface area contributed by atoms with Crippen LogP contribution in [0.25, 0.3) is 0 Å². The molecule has 0 aliphatic rings. The first kappa shape index (κ1) is 16.2. The Morgan fingerprint density at radius 2 is 1.80 bits per heavy atom. The van der Waals surface area contributed by atoms with Gasteiger partial charge in [-0.3, -0.25) is 9.59 Å². The summed E-state index contributed by atoms with van der Waals surface area (Å²) in [6, 6.07) is 6.90. The molecule has 1 aromatic carbocycles. The molecule has 1 rings (SSSR count). The predicted octanol–water partition coefficient (Wildman–Crippen LogP) is 0.365. The molecule has 0 fully saturated rings. The molecule has 0 saturated carbocycles. The molecule has 0 bridgehead atoms. The zero-order chi connectivity index (χ0) is 15.2. The highest BCUT2D eigenvalue weighted by molar-refractivity contribution is 7.90. The van der Waals surface area contributed by atoms with Gasteiger partial charge in [-0.25, -0.2) is 8.42 Å². The average Bonchev–Trinajstić information content (AvgIpc) is 2.34. The maximum atomic E-state index is 11.5. The van der Waals surface area contributed by atoms with Crippen LogP contribution in [0.1, 0.15) is 17.5 Å². The van der Waals surface area contributed by atoms with Gasteiger partial charge in [0.15, 0.2) is 0 Å². The summed E-state index contributed by atoms with van der Waals surface area (Å²) in [5.74, 6) is -1.52. The predicted molar refractivity (Wildman–Crippen MR) is 74.0 cm³/mol. The number of amides is 1. The number of rotatable bonds is 7. The van der Waals surface area contributed by atoms with Gasteiger partial charge in [0.2, 0.25) is 5.91 Å². The Hall–Kier alpha value is -1.89. The fourth-order valence-corrected chi connectivity index (χ4v) is 2.18. The minimum atomic E-state index is -3.16. The normalized spacial score (nSPS) is 11.1. The number of carbonyl (C=O) groups is 2. The van der Waals surface area contributed by atoms with Crippen LogP contribution in [0.5, 0.6) is 0 Å². The van der Waals surface area contributed by atoms with Crippen molar-refractivity contribution in [1.82, 2.24) is 5.32 Å². The molecule has 2 N–H and O–H groups in total. The van der Waals surface area contributed by atoms with E-state index in [1.165, 1.54) is 0 Å². The molecule has 0 atom stereocenters. The van der Waals surface area contributed by atoms with Crippen LogP contribution < -0.4 is 5.32 Å². The van der Waals surface area contributed by atoms with Crippen molar-refractivity contribution in [3.05, 3.63) is 35.4 Å². The maximum absolute atomic E-state index is 11.5. The van der Waals surface area contributed by atoms with E-state index in [9.17, 15) is 18.0 Å². The first-order valence-electron chi connectivity index (χ1n) is 6.01. The van der Waals surface area contributed by atoms with Crippen LogP contribution in [0.2, 0.25) is 0 Å². The van der Waals surface area contributed by atoms with E-state index in [0.717, 1.165) is 6.26 Å². The lowest BCUT2D eigenvalue weighted by Crippen LogP contribution is -2.25. The second-order valence-corrected chi connectivity index (χ2v) is 6.76. The second kappa shape index (κ2) is 7.04. The SMILES string of the molecule is CS(=O)(=O)CCC(=O)NCc1ccccc1CC(=O)O. The Morgan fingerprint density at radius 3 is 2.35 bits per heavy atom. The first-order chi connectivity index (χ1) is 9.28. The van der Waals surface area contributed by atoms with Gasteiger partial charge in [0.25, 0.3) is 0 Å². The molecule has 0 saturated heterocycles. The molecular weight excluding hydrogens is 282 g/mol. The smallest absolute Gasteiger partial charge is 0.307 e. The number of carboxylic acid groups (broad SMARTS) is 1. The number of sulfone groups is 1. The van der Waals surface area contributed by atoms with Crippen molar-refractivity contribution in [2.24, 2.45) is 0 Å². The Kier molecular flexibility index (Phi) is 5.69. The van der Waals surface area contributed by atoms with Crippen LogP contribution in [0, 0.1) is 0 Å². The maximum Gasteiger partial charge on any atom is 0.307 e. The van der Waals surface area contributed by atoms with Gasteiger partial charge < -0.3 is 10.4 Å². The van der Waals surface area contributed by atoms with Crippen LogP contribution in [-0.2, 0) is 32.4 Å². The molecule has 0 aliphatic carbocycles. The van der Waals surface area contributed by atoms with Crippen LogP contribution >= 0.6 is 0 Å². The summed E-state index contributed by atoms with van der Waals surface area (Å²) < 4.78 is 21.9. The molecular formula is C13H17NO5S. The minimum absolute atomic E-state index is 0.0973. The largest absolute Gasteiger partial charge is 0.481 e. The second-order valence-electron chi connectivity index (χ2n) is 4.50. The van der Waals surface area contributed by atoms with Gasteiger partial charge >= 0.3 is 5.97 Å². The van der Waals surface area contributed by atoms with E-state index < -0.39 is 15.8 Å². The molecule has 0 unspecified atom stereocenters. The molecule has 0 aliphatic heterocycles. The lowest BCUT2D eigenvalue weighted by atomic mass is 10.0. The molecule has 20 heavy (non-hydrogen) atoms. The third-order valence-corrected chi connectivity index (χ3v) is 3.58. The number of carboxylic acids is 1. The quantitative estimate of drug-likeness (QED) is 0.757. The Balaban J connectivity index is 2.57. The van der Waals surface area contributed by atoms with Crippen molar-refractivity contribution in [1.29, 1.82) is 0 Å². The third kappa shape index (κ3) is 6.33. The summed E-state index contributed by atoms with van der Waals surface area (Å²) in [6.07, 6.45) is 0.859. The van der Waals surface area contributed by atoms with Crippen molar-refractivity contribution in [3.63, 3.8) is 0 Å². The Morgan fingerprint density at radius 1 is 1.20 bits per heavy atom. The molecule has 1 aromatic rings. The molecule has 0 radical (unpaired) electrons. The van der Waals surface area contributed by atoms with Gasteiger partial charge in [0, 0.05) is 19.2 Å². The minimum Gasteiger partial charge on any atom is -0.481 e. The van der Waals surface area contributed by atoms with Gasteiger partial charge in [-0.1, -0.05) is 24.3 Å². The van der Waals surface area contributed by atoms with Gasteiger partial charge in [-0.2, -0.15) is 0 Å². The fourth-order valence-electron chi connectivity index (χ4n) is 1.63. The molecule has 110 valence electrons. The Labute approximate surface area is 117 Å². The van der Waals surface area contributed by atoms with Crippen LogP contribution in [0.15, 0.2) is 24.3 Å². The standard InChI is InChI=1S/C13H17NO5S/c1-20(18,19)7-6-12(15)14-9-11-5-3-2-4-10(11)8-13(16)17/h2-5H,6-9H2,1H3,(H,14,15)(H,16,17). The number of benzene rings is 1. The molecule has 0 aromatic heterocycles. The molecule has 0 heterocycles. The summed E-state index contributed by atoms with van der Waals surface area (Å²) in [5.41, 5.74) is 1.34. The molecule has 1 amide bonds. The van der Waals surface area contributed by atoms with E-state index in [4.69, 9.17) is 5.11 Å². The van der Waals surface area contributed by atoms with Gasteiger partial charge in [0.05, 0.1) is 12.2 Å². The van der Waals surface area contributed by atoms with E-state index in [2.05, 4.69) is 5.32 Å². The zero-order valence-electron chi connectivity index (χ0n) is 11.1. The first-order valence-corrected chi connectivity index (χ1v) is 8.07. The van der Waals surface area contributed by atoms with E-state index in [1.54, 1.807) is 24.3 Å². The molecule has 7 heteroatoms. The summed E-state index contributed by atoms with van der Waals surface area (Å²) in [7, 11) is -3.16. The van der Waals surface area contributed by atoms with Crippen molar-refractivity contribution in [3.8, 4) is 0 Å². The van der Waals surface area contributed by atoms with Crippen molar-refractivity contribution >= 4 is 21.7 Å². The number of nitrogens with one attached hydrogen (secondary N) is 1. The van der Waals surface area contributed by atoms with Gasteiger partial charge in [-0.15, -0.1) is 0 Å². The average molecular weight is 299 g/mol. The monoisotopic (exact) mass is 299 g/mol. The van der Waals surface area contributed by atoms with Crippen LogP contribution in [-0.4, -0.2) is 37.4 Å². The number of hydrogen-bond acceptors (Lipinski definition) is 4. The van der Waals surface area contributed by atoms with Crippen molar-refractivity contribution in [2.45, 2.75) is 19.4 Å². The summed E-state index contributed by atoms with van der Waals surface area (Å²) in [6.45, 7) is 0.187. The highest BCUT2D eigenvalue weighted by atomic mass is 32.2. The summed E-state index contributed by atoms with van der Waals surface area (Å²) in [5, 5.41) is 11.4. The van der Waals surface area contributed by atoms with E-state index in [1.807, 2.05) is 0 Å². The highest BCUT2D eigenvalue weighted by Crippen LogP contribution is 2.09. The number of carbonyl (C=O) groups excluding carboxylic acids is 1. The molecule has 6 nitrogen and oxygen atoms in total. The molecule has 0 spiro atoms. The van der Waals surface area contributed by atoms with Gasteiger partial charge in [0.1, 0.15) is 9.84 Å². The van der Waals surface area contributed by atoms with Gasteiger partial charge in [-0.05, 0) is 11.1 Å². The Bertz CT molecular complexity index is 595. The fraction of sp³-hybridized carbons (Fsp3) is 0.385. The summed E-state index contributed by atoms with van der Waals surface area (Å²) in [4.78, 5) is 22.2. The highest BCUT2D eigenvalue weighted by Gasteiger charge is 2.10. The number of hydrogen-bond donors (Lipinski definition) is 2.